The van der Waals surface area contributed by atoms with Crippen molar-refractivity contribution in [2.45, 2.75) is 25.0 Å². The summed E-state index contributed by atoms with van der Waals surface area (Å²) in [5, 5.41) is 9.85. The van der Waals surface area contributed by atoms with Gasteiger partial charge in [0.1, 0.15) is 6.04 Å². The Kier molecular flexibility index (Phi) is 7.57. The van der Waals surface area contributed by atoms with E-state index in [0.717, 1.165) is 23.4 Å². The van der Waals surface area contributed by atoms with Gasteiger partial charge in [-0.1, -0.05) is 65.8 Å². The molecule has 30 heavy (non-hydrogen) atoms. The summed E-state index contributed by atoms with van der Waals surface area (Å²) in [6, 6.07) is 18.6. The first-order valence-electron chi connectivity index (χ1n) is 10.2. The monoisotopic (exact) mass is 409 g/mol. The molecule has 0 radical (unpaired) electrons. The standard InChI is InChI=1S/C23H28N4O3/c1-27(2)14-13-24-22(28)20(15-17-9-5-3-6-10-17)25-23(29)21-16-19(26-30-21)18-11-7-4-8-12-18/h3-12,20-21H,13-16H2,1-2H3,(H,24,28)(H,25,29)/p+1/t20-,21-/m0/s1. The molecule has 1 heterocycles. The lowest BCUT2D eigenvalue weighted by molar-refractivity contribution is -0.856. The van der Waals surface area contributed by atoms with E-state index in [-0.39, 0.29) is 11.8 Å². The summed E-state index contributed by atoms with van der Waals surface area (Å²) < 4.78 is 0. The quantitative estimate of drug-likeness (QED) is 0.552. The highest BCUT2D eigenvalue weighted by molar-refractivity contribution is 6.04. The second-order valence-electron chi connectivity index (χ2n) is 7.70. The normalized spacial score (nSPS) is 16.5. The van der Waals surface area contributed by atoms with Gasteiger partial charge in [-0.05, 0) is 11.1 Å². The molecule has 7 nitrogen and oxygen atoms in total. The number of hydrogen-bond acceptors (Lipinski definition) is 4. The second kappa shape index (κ2) is 10.5. The van der Waals surface area contributed by atoms with Gasteiger partial charge in [0.15, 0.2) is 0 Å². The first-order valence-corrected chi connectivity index (χ1v) is 10.2. The average molecular weight is 410 g/mol. The van der Waals surface area contributed by atoms with E-state index >= 15 is 0 Å². The summed E-state index contributed by atoms with van der Waals surface area (Å²) in [7, 11) is 4.05. The predicted molar refractivity (Wildman–Crippen MR) is 115 cm³/mol. The van der Waals surface area contributed by atoms with Crippen molar-refractivity contribution < 1.29 is 19.3 Å². The van der Waals surface area contributed by atoms with Crippen molar-refractivity contribution in [1.82, 2.24) is 10.6 Å². The summed E-state index contributed by atoms with van der Waals surface area (Å²) in [6.45, 7) is 1.35. The number of quaternary nitrogens is 1. The van der Waals surface area contributed by atoms with Gasteiger partial charge in [-0.2, -0.15) is 0 Å². The van der Waals surface area contributed by atoms with E-state index in [4.69, 9.17) is 4.84 Å². The third-order valence-electron chi connectivity index (χ3n) is 4.91. The zero-order valence-corrected chi connectivity index (χ0v) is 17.4. The fourth-order valence-electron chi connectivity index (χ4n) is 3.20. The summed E-state index contributed by atoms with van der Waals surface area (Å²) in [4.78, 5) is 32.2. The van der Waals surface area contributed by atoms with Crippen LogP contribution in [0.15, 0.2) is 65.8 Å². The lowest BCUT2D eigenvalue weighted by atomic mass is 10.0. The number of nitrogens with zero attached hydrogens (tertiary/aromatic N) is 1. The number of hydrogen-bond donors (Lipinski definition) is 3. The molecule has 0 fully saturated rings. The highest BCUT2D eigenvalue weighted by Crippen LogP contribution is 2.17. The second-order valence-corrected chi connectivity index (χ2v) is 7.70. The zero-order chi connectivity index (χ0) is 21.3. The number of carbonyl (C=O) groups excluding carboxylic acids is 2. The van der Waals surface area contributed by atoms with Crippen LogP contribution in [0.5, 0.6) is 0 Å². The van der Waals surface area contributed by atoms with Crippen LogP contribution in [0.2, 0.25) is 0 Å². The molecule has 3 rings (SSSR count). The molecule has 0 aromatic heterocycles. The van der Waals surface area contributed by atoms with Crippen LogP contribution in [0.3, 0.4) is 0 Å². The Bertz CT molecular complexity index is 869. The highest BCUT2D eigenvalue weighted by Gasteiger charge is 2.32. The van der Waals surface area contributed by atoms with Crippen LogP contribution in [0.1, 0.15) is 17.5 Å². The van der Waals surface area contributed by atoms with Crippen molar-refractivity contribution in [2.75, 3.05) is 27.2 Å². The maximum atomic E-state index is 12.8. The summed E-state index contributed by atoms with van der Waals surface area (Å²) in [5.74, 6) is -0.533. The van der Waals surface area contributed by atoms with Crippen LogP contribution in [0, 0.1) is 0 Å². The van der Waals surface area contributed by atoms with Crippen molar-refractivity contribution in [2.24, 2.45) is 5.16 Å². The minimum Gasteiger partial charge on any atom is -0.382 e. The van der Waals surface area contributed by atoms with Crippen LogP contribution in [0.4, 0.5) is 0 Å². The molecule has 158 valence electrons. The topological polar surface area (TPSA) is 84.2 Å². The van der Waals surface area contributed by atoms with Crippen LogP contribution in [-0.4, -0.2) is 56.9 Å². The predicted octanol–water partition coefficient (Wildman–Crippen LogP) is 0.168. The molecule has 0 aliphatic carbocycles. The number of amides is 2. The van der Waals surface area contributed by atoms with Crippen LogP contribution >= 0.6 is 0 Å². The van der Waals surface area contributed by atoms with Crippen molar-refractivity contribution >= 4 is 17.5 Å². The van der Waals surface area contributed by atoms with Crippen LogP contribution < -0.4 is 15.5 Å². The molecular weight excluding hydrogens is 380 g/mol. The van der Waals surface area contributed by atoms with E-state index in [1.54, 1.807) is 0 Å². The summed E-state index contributed by atoms with van der Waals surface area (Å²) in [5.41, 5.74) is 2.64. The molecule has 0 bridgehead atoms. The Morgan fingerprint density at radius 2 is 1.77 bits per heavy atom. The molecule has 0 spiro atoms. The number of likely N-dealkylation sites (N-methyl/N-ethyl adjacent to an activating group) is 1. The molecule has 7 heteroatoms. The lowest BCUT2D eigenvalue weighted by Crippen LogP contribution is -3.06. The van der Waals surface area contributed by atoms with Crippen LogP contribution in [0.25, 0.3) is 0 Å². The number of rotatable bonds is 9. The first-order chi connectivity index (χ1) is 14.5. The first kappa shape index (κ1) is 21.5. The van der Waals surface area contributed by atoms with E-state index in [9.17, 15) is 9.59 Å². The van der Waals surface area contributed by atoms with Crippen LogP contribution in [-0.2, 0) is 20.8 Å². The van der Waals surface area contributed by atoms with Gasteiger partial charge in [-0.25, -0.2) is 0 Å². The number of carbonyl (C=O) groups is 2. The molecule has 2 aromatic rings. The van der Waals surface area contributed by atoms with Crippen molar-refractivity contribution in [3.8, 4) is 0 Å². The molecule has 2 amide bonds. The van der Waals surface area contributed by atoms with Crippen molar-refractivity contribution in [3.05, 3.63) is 71.8 Å². The highest BCUT2D eigenvalue weighted by atomic mass is 16.6. The molecular formula is C23H29N4O3+. The number of benzene rings is 2. The Labute approximate surface area is 177 Å². The summed E-state index contributed by atoms with van der Waals surface area (Å²) >= 11 is 0. The van der Waals surface area contributed by atoms with E-state index in [1.165, 1.54) is 4.90 Å². The van der Waals surface area contributed by atoms with Gasteiger partial charge in [-0.3, -0.25) is 9.59 Å². The van der Waals surface area contributed by atoms with Crippen molar-refractivity contribution in [1.29, 1.82) is 0 Å². The molecule has 0 saturated carbocycles. The molecule has 3 N–H and O–H groups in total. The maximum absolute atomic E-state index is 12.8. The van der Waals surface area contributed by atoms with Gasteiger partial charge in [0.2, 0.25) is 12.0 Å². The number of nitrogens with one attached hydrogen (secondary N) is 3. The average Bonchev–Trinajstić information content (AvgIpc) is 3.25. The molecule has 1 aliphatic heterocycles. The Morgan fingerprint density at radius 3 is 2.43 bits per heavy atom. The zero-order valence-electron chi connectivity index (χ0n) is 17.4. The number of oxime groups is 1. The minimum atomic E-state index is -0.738. The van der Waals surface area contributed by atoms with Gasteiger partial charge in [0.25, 0.3) is 5.91 Å². The van der Waals surface area contributed by atoms with Gasteiger partial charge in [-0.15, -0.1) is 0 Å². The van der Waals surface area contributed by atoms with Gasteiger partial charge in [0, 0.05) is 12.8 Å². The maximum Gasteiger partial charge on any atom is 0.265 e. The van der Waals surface area contributed by atoms with Gasteiger partial charge in [0.05, 0.1) is 32.9 Å². The van der Waals surface area contributed by atoms with E-state index in [0.29, 0.717) is 19.4 Å². The lowest BCUT2D eigenvalue weighted by Gasteiger charge is -2.20. The Hall–Kier alpha value is -3.19. The molecule has 0 saturated heterocycles. The van der Waals surface area contributed by atoms with Gasteiger partial charge < -0.3 is 20.4 Å². The summed E-state index contributed by atoms with van der Waals surface area (Å²) in [6.07, 6.45) is 0.0452. The fraction of sp³-hybridized carbons (Fsp3) is 0.348. The molecule has 2 atom stereocenters. The van der Waals surface area contributed by atoms with E-state index in [2.05, 4.69) is 15.8 Å². The molecule has 0 unspecified atom stereocenters. The Morgan fingerprint density at radius 1 is 1.10 bits per heavy atom. The molecule has 2 aromatic carbocycles. The third kappa shape index (κ3) is 6.15. The Balaban J connectivity index is 1.62. The van der Waals surface area contributed by atoms with Gasteiger partial charge >= 0.3 is 0 Å². The SMILES string of the molecule is C[NH+](C)CCNC(=O)[C@H](Cc1ccccc1)NC(=O)[C@@H]1CC(c2ccccc2)=NO1. The van der Waals surface area contributed by atoms with Crippen molar-refractivity contribution in [3.63, 3.8) is 0 Å². The van der Waals surface area contributed by atoms with E-state index < -0.39 is 12.1 Å². The fourth-order valence-corrected chi connectivity index (χ4v) is 3.20. The largest absolute Gasteiger partial charge is 0.382 e. The molecule has 1 aliphatic rings. The third-order valence-corrected chi connectivity index (χ3v) is 4.91. The minimum absolute atomic E-state index is 0.198. The van der Waals surface area contributed by atoms with E-state index in [1.807, 2.05) is 74.8 Å². The smallest absolute Gasteiger partial charge is 0.265 e.